The summed E-state index contributed by atoms with van der Waals surface area (Å²) in [6, 6.07) is 1.13. The molecule has 2 unspecified atom stereocenters. The van der Waals surface area contributed by atoms with Gasteiger partial charge in [0.1, 0.15) is 6.61 Å². The van der Waals surface area contributed by atoms with Crippen molar-refractivity contribution in [2.75, 3.05) is 33.4 Å². The molecule has 0 saturated carbocycles. The van der Waals surface area contributed by atoms with E-state index in [9.17, 15) is 4.79 Å². The second-order valence-corrected chi connectivity index (χ2v) is 5.88. The van der Waals surface area contributed by atoms with E-state index in [2.05, 4.69) is 12.2 Å². The molecule has 0 aromatic heterocycles. The lowest BCUT2D eigenvalue weighted by Gasteiger charge is -2.37. The van der Waals surface area contributed by atoms with Crippen molar-refractivity contribution in [3.05, 3.63) is 0 Å². The number of ether oxygens (including phenoxy) is 2. The third-order valence-electron chi connectivity index (χ3n) is 4.41. The molecular weight excluding hydrogens is 256 g/mol. The summed E-state index contributed by atoms with van der Waals surface area (Å²) in [6.45, 7) is 4.96. The van der Waals surface area contributed by atoms with Gasteiger partial charge in [-0.3, -0.25) is 4.79 Å². The first-order valence-electron chi connectivity index (χ1n) is 7.87. The molecule has 20 heavy (non-hydrogen) atoms. The van der Waals surface area contributed by atoms with E-state index in [0.717, 1.165) is 51.8 Å². The molecule has 2 heterocycles. The smallest absolute Gasteiger partial charge is 0.248 e. The lowest BCUT2D eigenvalue weighted by Crippen LogP contribution is -2.50. The predicted molar refractivity (Wildman–Crippen MR) is 77.7 cm³/mol. The van der Waals surface area contributed by atoms with Gasteiger partial charge in [0, 0.05) is 38.9 Å². The van der Waals surface area contributed by atoms with Crippen LogP contribution in [0.4, 0.5) is 0 Å². The molecule has 0 radical (unpaired) electrons. The van der Waals surface area contributed by atoms with Crippen LogP contribution < -0.4 is 5.32 Å². The molecule has 2 atom stereocenters. The van der Waals surface area contributed by atoms with E-state index >= 15 is 0 Å². The van der Waals surface area contributed by atoms with Crippen molar-refractivity contribution < 1.29 is 14.3 Å². The molecule has 1 amide bonds. The monoisotopic (exact) mass is 284 g/mol. The average Bonchev–Trinajstić information content (AvgIpc) is 2.48. The largest absolute Gasteiger partial charge is 0.378 e. The van der Waals surface area contributed by atoms with Crippen molar-refractivity contribution in [1.82, 2.24) is 10.2 Å². The van der Waals surface area contributed by atoms with E-state index in [-0.39, 0.29) is 12.5 Å². The van der Waals surface area contributed by atoms with Crippen LogP contribution in [0.2, 0.25) is 0 Å². The fourth-order valence-electron chi connectivity index (χ4n) is 3.16. The third-order valence-corrected chi connectivity index (χ3v) is 4.41. The van der Waals surface area contributed by atoms with Crippen molar-refractivity contribution in [3.8, 4) is 0 Å². The van der Waals surface area contributed by atoms with Gasteiger partial charge in [-0.15, -0.1) is 0 Å². The third kappa shape index (κ3) is 4.43. The lowest BCUT2D eigenvalue weighted by atomic mass is 9.98. The van der Waals surface area contributed by atoms with E-state index in [1.165, 1.54) is 0 Å². The predicted octanol–water partition coefficient (Wildman–Crippen LogP) is 1.17. The number of amides is 1. The highest BCUT2D eigenvalue weighted by Gasteiger charge is 2.27. The van der Waals surface area contributed by atoms with Gasteiger partial charge < -0.3 is 19.7 Å². The minimum atomic E-state index is 0.114. The molecule has 0 bridgehead atoms. The Hall–Kier alpha value is -0.650. The van der Waals surface area contributed by atoms with Gasteiger partial charge in [-0.1, -0.05) is 6.92 Å². The van der Waals surface area contributed by atoms with Gasteiger partial charge in [0.25, 0.3) is 0 Å². The number of nitrogens with zero attached hydrogens (tertiary/aromatic N) is 1. The number of carbonyl (C=O) groups is 1. The Morgan fingerprint density at radius 3 is 2.70 bits per heavy atom. The molecule has 2 saturated heterocycles. The number of rotatable bonds is 5. The summed E-state index contributed by atoms with van der Waals surface area (Å²) in [5.74, 6) is 0.114. The maximum absolute atomic E-state index is 11.7. The molecule has 0 aromatic rings. The summed E-state index contributed by atoms with van der Waals surface area (Å²) < 4.78 is 10.6. The van der Waals surface area contributed by atoms with Crippen LogP contribution in [0, 0.1) is 0 Å². The molecule has 0 aliphatic carbocycles. The maximum atomic E-state index is 11.7. The van der Waals surface area contributed by atoms with Crippen LogP contribution in [0.25, 0.3) is 0 Å². The molecule has 2 aliphatic rings. The van der Waals surface area contributed by atoms with E-state index in [0.29, 0.717) is 18.2 Å². The van der Waals surface area contributed by atoms with Crippen LogP contribution in [-0.4, -0.2) is 62.4 Å². The number of hydrogen-bond donors (Lipinski definition) is 1. The Balaban J connectivity index is 1.70. The first-order chi connectivity index (χ1) is 9.72. The first-order valence-corrected chi connectivity index (χ1v) is 7.87. The molecule has 2 fully saturated rings. The minimum absolute atomic E-state index is 0.114. The van der Waals surface area contributed by atoms with E-state index < -0.39 is 0 Å². The Bertz CT molecular complexity index is 303. The molecule has 5 nitrogen and oxygen atoms in total. The van der Waals surface area contributed by atoms with Crippen LogP contribution in [0.1, 0.15) is 39.0 Å². The zero-order valence-electron chi connectivity index (χ0n) is 12.8. The number of nitrogens with one attached hydrogen (secondary N) is 1. The van der Waals surface area contributed by atoms with Gasteiger partial charge in [0.2, 0.25) is 5.91 Å². The molecule has 0 spiro atoms. The van der Waals surface area contributed by atoms with E-state index in [4.69, 9.17) is 9.47 Å². The van der Waals surface area contributed by atoms with Crippen LogP contribution in [0.5, 0.6) is 0 Å². The highest BCUT2D eigenvalue weighted by Crippen LogP contribution is 2.19. The average molecular weight is 284 g/mol. The van der Waals surface area contributed by atoms with Gasteiger partial charge in [-0.05, 0) is 32.1 Å². The first kappa shape index (κ1) is 15.7. The highest BCUT2D eigenvalue weighted by molar-refractivity contribution is 5.77. The Labute approximate surface area is 122 Å². The van der Waals surface area contributed by atoms with Crippen molar-refractivity contribution in [1.29, 1.82) is 0 Å². The quantitative estimate of drug-likeness (QED) is 0.823. The number of hydrogen-bond acceptors (Lipinski definition) is 4. The zero-order valence-corrected chi connectivity index (χ0v) is 12.8. The summed E-state index contributed by atoms with van der Waals surface area (Å²) in [6.07, 6.45) is 5.85. The Morgan fingerprint density at radius 1 is 1.30 bits per heavy atom. The Kier molecular flexibility index (Phi) is 6.26. The van der Waals surface area contributed by atoms with Crippen LogP contribution in [0.15, 0.2) is 0 Å². The second kappa shape index (κ2) is 7.96. The number of carbonyl (C=O) groups excluding carboxylic acids is 1. The SMILES string of the molecule is CCC1CC(NC2CCN(C(=O)COC)CC2)CCO1. The van der Waals surface area contributed by atoms with Crippen molar-refractivity contribution in [2.24, 2.45) is 0 Å². The standard InChI is InChI=1S/C15H28N2O3/c1-3-14-10-13(6-9-20-14)16-12-4-7-17(8-5-12)15(18)11-19-2/h12-14,16H,3-11H2,1-2H3. The fraction of sp³-hybridized carbons (Fsp3) is 0.933. The van der Waals surface area contributed by atoms with E-state index in [1.807, 2.05) is 4.90 Å². The van der Waals surface area contributed by atoms with Gasteiger partial charge in [0.05, 0.1) is 6.10 Å². The molecule has 0 aromatic carbocycles. The number of likely N-dealkylation sites (tertiary alicyclic amines) is 1. The lowest BCUT2D eigenvalue weighted by molar-refractivity contribution is -0.136. The summed E-state index contributed by atoms with van der Waals surface area (Å²) in [5, 5.41) is 3.76. The molecule has 2 aliphatic heterocycles. The zero-order chi connectivity index (χ0) is 14.4. The second-order valence-electron chi connectivity index (χ2n) is 5.88. The molecule has 116 valence electrons. The number of methoxy groups -OCH3 is 1. The number of piperidine rings is 1. The van der Waals surface area contributed by atoms with Crippen LogP contribution >= 0.6 is 0 Å². The summed E-state index contributed by atoms with van der Waals surface area (Å²) in [4.78, 5) is 13.7. The summed E-state index contributed by atoms with van der Waals surface area (Å²) >= 11 is 0. The van der Waals surface area contributed by atoms with Gasteiger partial charge >= 0.3 is 0 Å². The fourth-order valence-corrected chi connectivity index (χ4v) is 3.16. The van der Waals surface area contributed by atoms with Crippen molar-refractivity contribution in [2.45, 2.75) is 57.2 Å². The van der Waals surface area contributed by atoms with Gasteiger partial charge in [-0.2, -0.15) is 0 Å². The van der Waals surface area contributed by atoms with Crippen LogP contribution in [-0.2, 0) is 14.3 Å². The summed E-state index contributed by atoms with van der Waals surface area (Å²) in [7, 11) is 1.57. The van der Waals surface area contributed by atoms with Crippen LogP contribution in [0.3, 0.4) is 0 Å². The highest BCUT2D eigenvalue weighted by atomic mass is 16.5. The molecule has 1 N–H and O–H groups in total. The van der Waals surface area contributed by atoms with E-state index in [1.54, 1.807) is 7.11 Å². The minimum Gasteiger partial charge on any atom is -0.378 e. The maximum Gasteiger partial charge on any atom is 0.248 e. The van der Waals surface area contributed by atoms with Gasteiger partial charge in [0.15, 0.2) is 0 Å². The van der Waals surface area contributed by atoms with Gasteiger partial charge in [-0.25, -0.2) is 0 Å². The molecule has 5 heteroatoms. The topological polar surface area (TPSA) is 50.8 Å². The van der Waals surface area contributed by atoms with Crippen molar-refractivity contribution in [3.63, 3.8) is 0 Å². The Morgan fingerprint density at radius 2 is 2.05 bits per heavy atom. The molecule has 2 rings (SSSR count). The van der Waals surface area contributed by atoms with Crippen molar-refractivity contribution >= 4 is 5.91 Å². The molecular formula is C15H28N2O3. The normalized spacial score (nSPS) is 28.6. The summed E-state index contributed by atoms with van der Waals surface area (Å²) in [5.41, 5.74) is 0.